The van der Waals surface area contributed by atoms with Crippen LogP contribution in [0.5, 0.6) is 0 Å². The maximum atomic E-state index is 13.8. The Morgan fingerprint density at radius 1 is 1.23 bits per heavy atom. The number of aliphatic hydroxyl groups excluding tert-OH is 1. The molecule has 0 spiro atoms. The predicted molar refractivity (Wildman–Crippen MR) is 83.6 cm³/mol. The van der Waals surface area contributed by atoms with Crippen LogP contribution in [0.15, 0.2) is 18.2 Å². The fourth-order valence-electron chi connectivity index (χ4n) is 2.15. The SMILES string of the molecule is CC[C@@H](C)N(Cc1ccc(F)cc1F)C[C@H](O)COC(C)C. The molecule has 0 aromatic heterocycles. The molecule has 22 heavy (non-hydrogen) atoms. The van der Waals surface area contributed by atoms with Gasteiger partial charge >= 0.3 is 0 Å². The zero-order valence-corrected chi connectivity index (χ0v) is 13.9. The lowest BCUT2D eigenvalue weighted by Crippen LogP contribution is -2.40. The molecule has 0 amide bonds. The minimum absolute atomic E-state index is 0.0567. The molecule has 0 aliphatic carbocycles. The van der Waals surface area contributed by atoms with Crippen LogP contribution in [0, 0.1) is 11.6 Å². The van der Waals surface area contributed by atoms with Crippen LogP contribution in [0.25, 0.3) is 0 Å². The molecule has 1 aromatic carbocycles. The average Bonchev–Trinajstić information content (AvgIpc) is 2.46. The van der Waals surface area contributed by atoms with Crippen LogP contribution < -0.4 is 0 Å². The number of halogens is 2. The van der Waals surface area contributed by atoms with Gasteiger partial charge in [-0.15, -0.1) is 0 Å². The molecule has 0 saturated carbocycles. The minimum Gasteiger partial charge on any atom is -0.389 e. The zero-order chi connectivity index (χ0) is 16.7. The first-order valence-corrected chi connectivity index (χ1v) is 7.81. The van der Waals surface area contributed by atoms with Crippen LogP contribution >= 0.6 is 0 Å². The maximum Gasteiger partial charge on any atom is 0.130 e. The van der Waals surface area contributed by atoms with Crippen LogP contribution in [0.1, 0.15) is 39.7 Å². The van der Waals surface area contributed by atoms with Gasteiger partial charge in [0.25, 0.3) is 0 Å². The molecule has 1 N–H and O–H groups in total. The summed E-state index contributed by atoms with van der Waals surface area (Å²) in [5.41, 5.74) is 0.429. The second kappa shape index (κ2) is 9.18. The van der Waals surface area contributed by atoms with E-state index in [9.17, 15) is 13.9 Å². The van der Waals surface area contributed by atoms with Gasteiger partial charge in [0.15, 0.2) is 0 Å². The molecular weight excluding hydrogens is 288 g/mol. The van der Waals surface area contributed by atoms with Crippen LogP contribution in [-0.4, -0.2) is 41.4 Å². The summed E-state index contributed by atoms with van der Waals surface area (Å²) >= 11 is 0. The molecule has 0 radical (unpaired) electrons. The predicted octanol–water partition coefficient (Wildman–Crippen LogP) is 3.35. The molecule has 0 heterocycles. The lowest BCUT2D eigenvalue weighted by molar-refractivity contribution is -0.0150. The molecule has 5 heteroatoms. The molecule has 0 bridgehead atoms. The Kier molecular flexibility index (Phi) is 7.93. The summed E-state index contributed by atoms with van der Waals surface area (Å²) in [7, 11) is 0. The molecule has 1 aromatic rings. The van der Waals surface area contributed by atoms with E-state index in [1.165, 1.54) is 12.1 Å². The van der Waals surface area contributed by atoms with Gasteiger partial charge in [0, 0.05) is 30.8 Å². The van der Waals surface area contributed by atoms with E-state index in [1.807, 2.05) is 32.6 Å². The summed E-state index contributed by atoms with van der Waals surface area (Å²) in [6.07, 6.45) is 0.293. The monoisotopic (exact) mass is 315 g/mol. The Morgan fingerprint density at radius 2 is 1.91 bits per heavy atom. The number of ether oxygens (including phenoxy) is 1. The summed E-state index contributed by atoms with van der Waals surface area (Å²) in [4.78, 5) is 1.99. The van der Waals surface area contributed by atoms with E-state index in [0.29, 0.717) is 18.7 Å². The van der Waals surface area contributed by atoms with Crippen molar-refractivity contribution in [2.75, 3.05) is 13.2 Å². The summed E-state index contributed by atoms with van der Waals surface area (Å²) < 4.78 is 32.2. The van der Waals surface area contributed by atoms with E-state index < -0.39 is 17.7 Å². The summed E-state index contributed by atoms with van der Waals surface area (Å²) in [5.74, 6) is -1.14. The van der Waals surface area contributed by atoms with Crippen molar-refractivity contribution in [3.8, 4) is 0 Å². The molecule has 0 aliphatic heterocycles. The second-order valence-corrected chi connectivity index (χ2v) is 5.96. The standard InChI is InChI=1S/C17H27F2NO2/c1-5-13(4)20(10-16(21)11-22-12(2)3)9-14-6-7-15(18)8-17(14)19/h6-8,12-13,16,21H,5,9-11H2,1-4H3/t13-,16+/m1/s1. The van der Waals surface area contributed by atoms with E-state index in [0.717, 1.165) is 12.5 Å². The smallest absolute Gasteiger partial charge is 0.130 e. The van der Waals surface area contributed by atoms with Crippen LogP contribution in [0.4, 0.5) is 8.78 Å². The largest absolute Gasteiger partial charge is 0.389 e. The van der Waals surface area contributed by atoms with Gasteiger partial charge in [-0.3, -0.25) is 4.90 Å². The summed E-state index contributed by atoms with van der Waals surface area (Å²) in [6.45, 7) is 8.85. The van der Waals surface area contributed by atoms with Gasteiger partial charge < -0.3 is 9.84 Å². The van der Waals surface area contributed by atoms with E-state index >= 15 is 0 Å². The second-order valence-electron chi connectivity index (χ2n) is 5.96. The number of aliphatic hydroxyl groups is 1. The van der Waals surface area contributed by atoms with Crippen molar-refractivity contribution in [1.82, 2.24) is 4.90 Å². The number of benzene rings is 1. The van der Waals surface area contributed by atoms with E-state index in [2.05, 4.69) is 0 Å². The number of rotatable bonds is 9. The highest BCUT2D eigenvalue weighted by Gasteiger charge is 2.19. The Hall–Kier alpha value is -1.04. The zero-order valence-electron chi connectivity index (χ0n) is 13.9. The number of hydrogen-bond acceptors (Lipinski definition) is 3. The summed E-state index contributed by atoms with van der Waals surface area (Å²) in [5, 5.41) is 10.1. The highest BCUT2D eigenvalue weighted by atomic mass is 19.1. The number of nitrogens with zero attached hydrogens (tertiary/aromatic N) is 1. The van der Waals surface area contributed by atoms with Crippen molar-refractivity contribution >= 4 is 0 Å². The van der Waals surface area contributed by atoms with Gasteiger partial charge in [0.05, 0.1) is 18.8 Å². The van der Waals surface area contributed by atoms with Gasteiger partial charge in [-0.05, 0) is 33.3 Å². The lowest BCUT2D eigenvalue weighted by atomic mass is 10.1. The molecule has 0 aliphatic rings. The van der Waals surface area contributed by atoms with Crippen LogP contribution in [0.2, 0.25) is 0 Å². The quantitative estimate of drug-likeness (QED) is 0.758. The molecule has 0 fully saturated rings. The lowest BCUT2D eigenvalue weighted by Gasteiger charge is -2.30. The van der Waals surface area contributed by atoms with E-state index in [-0.39, 0.29) is 18.8 Å². The van der Waals surface area contributed by atoms with Crippen molar-refractivity contribution in [1.29, 1.82) is 0 Å². The van der Waals surface area contributed by atoms with Crippen molar-refractivity contribution in [2.45, 2.75) is 58.9 Å². The van der Waals surface area contributed by atoms with Crippen LogP contribution in [-0.2, 0) is 11.3 Å². The Balaban J connectivity index is 2.72. The van der Waals surface area contributed by atoms with Gasteiger partial charge in [-0.1, -0.05) is 13.0 Å². The highest BCUT2D eigenvalue weighted by Crippen LogP contribution is 2.16. The maximum absolute atomic E-state index is 13.8. The normalized spacial score (nSPS) is 14.6. The molecular formula is C17H27F2NO2. The average molecular weight is 315 g/mol. The fourth-order valence-corrected chi connectivity index (χ4v) is 2.15. The summed E-state index contributed by atoms with van der Waals surface area (Å²) in [6, 6.07) is 3.78. The first-order chi connectivity index (χ1) is 10.3. The van der Waals surface area contributed by atoms with Gasteiger partial charge in [0.2, 0.25) is 0 Å². The molecule has 3 nitrogen and oxygen atoms in total. The third-order valence-corrected chi connectivity index (χ3v) is 3.67. The highest BCUT2D eigenvalue weighted by molar-refractivity contribution is 5.18. The Morgan fingerprint density at radius 3 is 2.45 bits per heavy atom. The van der Waals surface area contributed by atoms with Gasteiger partial charge in [0.1, 0.15) is 11.6 Å². The molecule has 126 valence electrons. The third kappa shape index (κ3) is 6.38. The van der Waals surface area contributed by atoms with Crippen molar-refractivity contribution < 1.29 is 18.6 Å². The fraction of sp³-hybridized carbons (Fsp3) is 0.647. The topological polar surface area (TPSA) is 32.7 Å². The van der Waals surface area contributed by atoms with Crippen molar-refractivity contribution in [2.24, 2.45) is 0 Å². The molecule has 2 atom stereocenters. The molecule has 0 saturated heterocycles. The molecule has 1 rings (SSSR count). The first-order valence-electron chi connectivity index (χ1n) is 7.81. The first kappa shape index (κ1) is 19.0. The van der Waals surface area contributed by atoms with Crippen LogP contribution in [0.3, 0.4) is 0 Å². The number of hydrogen-bond donors (Lipinski definition) is 1. The van der Waals surface area contributed by atoms with Gasteiger partial charge in [-0.25, -0.2) is 8.78 Å². The molecule has 0 unspecified atom stereocenters. The Labute approximate surface area is 131 Å². The van der Waals surface area contributed by atoms with Crippen molar-refractivity contribution in [3.63, 3.8) is 0 Å². The van der Waals surface area contributed by atoms with Gasteiger partial charge in [-0.2, -0.15) is 0 Å². The van der Waals surface area contributed by atoms with E-state index in [4.69, 9.17) is 4.74 Å². The van der Waals surface area contributed by atoms with Crippen molar-refractivity contribution in [3.05, 3.63) is 35.4 Å². The minimum atomic E-state index is -0.639. The van der Waals surface area contributed by atoms with E-state index in [1.54, 1.807) is 0 Å². The Bertz CT molecular complexity index is 454. The third-order valence-electron chi connectivity index (χ3n) is 3.67.